The number of nitrogens with one attached hydrogen (secondary N) is 2. The molecule has 0 spiro atoms. The Morgan fingerprint density at radius 3 is 3.00 bits per heavy atom. The zero-order chi connectivity index (χ0) is 14.5. The van der Waals surface area contributed by atoms with Gasteiger partial charge >= 0.3 is 6.03 Å². The van der Waals surface area contributed by atoms with Crippen molar-refractivity contribution in [2.24, 2.45) is 0 Å². The summed E-state index contributed by atoms with van der Waals surface area (Å²) < 4.78 is 0. The molecule has 3 amide bonds. The second-order valence-electron chi connectivity index (χ2n) is 3.73. The van der Waals surface area contributed by atoms with Crippen molar-refractivity contribution in [3.63, 3.8) is 0 Å². The van der Waals surface area contributed by atoms with Crippen molar-refractivity contribution in [2.45, 2.75) is 12.1 Å². The Kier molecular flexibility index (Phi) is 4.74. The second-order valence-corrected chi connectivity index (χ2v) is 5.56. The number of anilines is 1. The number of amides is 3. The van der Waals surface area contributed by atoms with Gasteiger partial charge in [-0.15, -0.1) is 11.3 Å². The number of rotatable bonds is 4. The van der Waals surface area contributed by atoms with Crippen LogP contribution < -0.4 is 16.4 Å². The Labute approximate surface area is 123 Å². The molecule has 0 aliphatic carbocycles. The van der Waals surface area contributed by atoms with Gasteiger partial charge in [-0.2, -0.15) is 0 Å². The number of urea groups is 1. The number of nitrogen functional groups attached to an aromatic ring is 1. The fraction of sp³-hybridized carbons (Fsp3) is 0.273. The van der Waals surface area contributed by atoms with E-state index in [0.29, 0.717) is 17.5 Å². The topological polar surface area (TPSA) is 110 Å². The van der Waals surface area contributed by atoms with Crippen LogP contribution in [0.2, 0.25) is 0 Å². The first kappa shape index (κ1) is 14.5. The van der Waals surface area contributed by atoms with Gasteiger partial charge in [-0.25, -0.2) is 14.8 Å². The molecule has 0 aliphatic rings. The molecule has 0 saturated heterocycles. The first-order chi connectivity index (χ1) is 9.60. The van der Waals surface area contributed by atoms with Crippen LogP contribution in [0.15, 0.2) is 16.6 Å². The van der Waals surface area contributed by atoms with E-state index in [1.54, 1.807) is 6.92 Å². The van der Waals surface area contributed by atoms with E-state index in [4.69, 9.17) is 5.73 Å². The van der Waals surface area contributed by atoms with Gasteiger partial charge in [0.1, 0.15) is 10.6 Å². The number of thioether (sulfide) groups is 1. The van der Waals surface area contributed by atoms with Gasteiger partial charge in [-0.1, -0.05) is 11.8 Å². The highest BCUT2D eigenvalue weighted by Gasteiger charge is 2.11. The lowest BCUT2D eigenvalue weighted by Gasteiger charge is -2.04. The average molecular weight is 311 g/mol. The van der Waals surface area contributed by atoms with E-state index >= 15 is 0 Å². The summed E-state index contributed by atoms with van der Waals surface area (Å²) >= 11 is 2.59. The van der Waals surface area contributed by atoms with Crippen molar-refractivity contribution in [3.05, 3.63) is 11.4 Å². The largest absolute Gasteiger partial charge is 0.383 e. The monoisotopic (exact) mass is 311 g/mol. The van der Waals surface area contributed by atoms with Crippen LogP contribution in [-0.4, -0.2) is 34.2 Å². The summed E-state index contributed by atoms with van der Waals surface area (Å²) in [6.07, 6.45) is 0. The van der Waals surface area contributed by atoms with Crippen LogP contribution in [0.5, 0.6) is 0 Å². The molecular weight excluding hydrogens is 298 g/mol. The maximum atomic E-state index is 11.5. The van der Waals surface area contributed by atoms with E-state index < -0.39 is 11.9 Å². The predicted octanol–water partition coefficient (Wildman–Crippen LogP) is 1.21. The van der Waals surface area contributed by atoms with Crippen LogP contribution in [0.3, 0.4) is 0 Å². The summed E-state index contributed by atoms with van der Waals surface area (Å²) in [5.41, 5.74) is 5.81. The van der Waals surface area contributed by atoms with Crippen LogP contribution in [0.4, 0.5) is 10.6 Å². The van der Waals surface area contributed by atoms with Crippen molar-refractivity contribution < 1.29 is 9.59 Å². The number of aromatic nitrogens is 2. The lowest BCUT2D eigenvalue weighted by atomic mass is 10.4. The van der Waals surface area contributed by atoms with E-state index in [-0.39, 0.29) is 5.75 Å². The zero-order valence-corrected chi connectivity index (χ0v) is 12.3. The maximum absolute atomic E-state index is 11.5. The molecule has 0 aromatic carbocycles. The Morgan fingerprint density at radius 1 is 1.45 bits per heavy atom. The molecule has 106 valence electrons. The third kappa shape index (κ3) is 3.58. The fourth-order valence-corrected chi connectivity index (χ4v) is 2.90. The van der Waals surface area contributed by atoms with Crippen molar-refractivity contribution in [1.29, 1.82) is 0 Å². The van der Waals surface area contributed by atoms with Crippen molar-refractivity contribution in [3.8, 4) is 0 Å². The van der Waals surface area contributed by atoms with E-state index in [0.717, 1.165) is 22.0 Å². The second kappa shape index (κ2) is 6.53. The normalized spacial score (nSPS) is 10.4. The molecular formula is C11H13N5O2S2. The number of carbonyl (C=O) groups excluding carboxylic acids is 2. The third-order valence-corrected chi connectivity index (χ3v) is 3.91. The smallest absolute Gasteiger partial charge is 0.321 e. The van der Waals surface area contributed by atoms with E-state index in [2.05, 4.69) is 20.6 Å². The Hall–Kier alpha value is -1.87. The van der Waals surface area contributed by atoms with Gasteiger partial charge in [0.15, 0.2) is 5.16 Å². The van der Waals surface area contributed by atoms with Gasteiger partial charge in [0.25, 0.3) is 0 Å². The zero-order valence-electron chi connectivity index (χ0n) is 10.7. The van der Waals surface area contributed by atoms with Crippen LogP contribution in [0.25, 0.3) is 10.2 Å². The number of fused-ring (bicyclic) bond motifs is 1. The minimum atomic E-state index is -0.507. The highest BCUT2D eigenvalue weighted by atomic mass is 32.2. The quantitative estimate of drug-likeness (QED) is 0.578. The molecule has 2 rings (SSSR count). The number of nitrogens with two attached hydrogens (primary N) is 1. The number of hydrogen-bond acceptors (Lipinski definition) is 7. The lowest BCUT2D eigenvalue weighted by Crippen LogP contribution is -2.40. The van der Waals surface area contributed by atoms with Gasteiger partial charge in [-0.3, -0.25) is 10.1 Å². The number of imide groups is 1. The molecule has 0 saturated carbocycles. The predicted molar refractivity (Wildman–Crippen MR) is 79.8 cm³/mol. The first-order valence-electron chi connectivity index (χ1n) is 5.81. The Bertz CT molecular complexity index is 643. The molecule has 2 heterocycles. The Balaban J connectivity index is 1.95. The highest BCUT2D eigenvalue weighted by Crippen LogP contribution is 2.25. The Morgan fingerprint density at radius 2 is 2.25 bits per heavy atom. The van der Waals surface area contributed by atoms with Gasteiger partial charge in [-0.05, 0) is 18.4 Å². The van der Waals surface area contributed by atoms with Gasteiger partial charge in [0.2, 0.25) is 5.91 Å². The third-order valence-electron chi connectivity index (χ3n) is 2.26. The van der Waals surface area contributed by atoms with Crippen molar-refractivity contribution in [2.75, 3.05) is 18.0 Å². The molecule has 2 aromatic rings. The number of nitrogens with zero attached hydrogens (tertiary/aromatic N) is 2. The molecule has 7 nitrogen and oxygen atoms in total. The fourth-order valence-electron chi connectivity index (χ4n) is 1.42. The van der Waals surface area contributed by atoms with Crippen molar-refractivity contribution >= 4 is 51.1 Å². The van der Waals surface area contributed by atoms with E-state index in [1.165, 1.54) is 11.3 Å². The molecule has 0 fully saturated rings. The molecule has 4 N–H and O–H groups in total. The van der Waals surface area contributed by atoms with E-state index in [9.17, 15) is 9.59 Å². The standard InChI is InChI=1S/C11H13N5O2S2/c1-2-13-10(18)14-7(17)5-20-11-15-8(12)6-3-4-19-9(6)16-11/h3-4H,2,5H2,1H3,(H2,12,15,16)(H2,13,14,17,18). The maximum Gasteiger partial charge on any atom is 0.321 e. The minimum Gasteiger partial charge on any atom is -0.383 e. The van der Waals surface area contributed by atoms with E-state index in [1.807, 2.05) is 11.4 Å². The van der Waals surface area contributed by atoms with Gasteiger partial charge < -0.3 is 11.1 Å². The summed E-state index contributed by atoms with van der Waals surface area (Å²) in [4.78, 5) is 31.9. The summed E-state index contributed by atoms with van der Waals surface area (Å²) in [6.45, 7) is 2.23. The molecule has 2 aromatic heterocycles. The first-order valence-corrected chi connectivity index (χ1v) is 7.68. The minimum absolute atomic E-state index is 0.0491. The molecule has 9 heteroatoms. The van der Waals surface area contributed by atoms with Crippen LogP contribution in [0.1, 0.15) is 6.92 Å². The SMILES string of the molecule is CCNC(=O)NC(=O)CSc1nc(N)c2ccsc2n1. The molecule has 0 radical (unpaired) electrons. The summed E-state index contributed by atoms with van der Waals surface area (Å²) in [5, 5.41) is 7.79. The highest BCUT2D eigenvalue weighted by molar-refractivity contribution is 7.99. The number of thiophene rings is 1. The lowest BCUT2D eigenvalue weighted by molar-refractivity contribution is -0.117. The molecule has 0 aliphatic heterocycles. The van der Waals surface area contributed by atoms with Crippen LogP contribution >= 0.6 is 23.1 Å². The molecule has 0 bridgehead atoms. The summed E-state index contributed by atoms with van der Waals surface area (Å²) in [7, 11) is 0. The van der Waals surface area contributed by atoms with Crippen molar-refractivity contribution in [1.82, 2.24) is 20.6 Å². The molecule has 20 heavy (non-hydrogen) atoms. The average Bonchev–Trinajstić information content (AvgIpc) is 2.85. The number of hydrogen-bond donors (Lipinski definition) is 3. The number of carbonyl (C=O) groups is 2. The van der Waals surface area contributed by atoms with Crippen LogP contribution in [0, 0.1) is 0 Å². The summed E-state index contributed by atoms with van der Waals surface area (Å²) in [5.74, 6) is 0.0327. The summed E-state index contributed by atoms with van der Waals surface area (Å²) in [6, 6.07) is 1.35. The molecule has 0 unspecified atom stereocenters. The molecule has 0 atom stereocenters. The van der Waals surface area contributed by atoms with Crippen LogP contribution in [-0.2, 0) is 4.79 Å². The van der Waals surface area contributed by atoms with Gasteiger partial charge in [0.05, 0.1) is 11.1 Å². The van der Waals surface area contributed by atoms with Gasteiger partial charge in [0, 0.05) is 6.54 Å².